The van der Waals surface area contributed by atoms with E-state index in [1.165, 1.54) is 32.1 Å². The van der Waals surface area contributed by atoms with Gasteiger partial charge in [-0.3, -0.25) is 0 Å². The maximum absolute atomic E-state index is 11.6. The van der Waals surface area contributed by atoms with Gasteiger partial charge in [0.2, 0.25) is 0 Å². The van der Waals surface area contributed by atoms with Gasteiger partial charge in [-0.2, -0.15) is 0 Å². The zero-order valence-corrected chi connectivity index (χ0v) is 9.59. The van der Waals surface area contributed by atoms with Gasteiger partial charge in [0.25, 0.3) is 0 Å². The van der Waals surface area contributed by atoms with Gasteiger partial charge in [-0.15, -0.1) is 0 Å². The minimum Gasteiger partial charge on any atom is -0.335 e. The maximum atomic E-state index is 11.6. The fraction of sp³-hybridized carbons (Fsp3) is 0.917. The van der Waals surface area contributed by atoms with E-state index in [2.05, 4.69) is 17.6 Å². The monoisotopic (exact) mass is 210 g/mol. The highest BCUT2D eigenvalue weighted by molar-refractivity contribution is 5.74. The molecule has 0 aliphatic heterocycles. The molecule has 0 spiro atoms. The molecule has 2 aliphatic rings. The summed E-state index contributed by atoms with van der Waals surface area (Å²) in [5.74, 6) is 0.738. The van der Waals surface area contributed by atoms with Crippen LogP contribution >= 0.6 is 0 Å². The van der Waals surface area contributed by atoms with Crippen LogP contribution in [0.1, 0.15) is 51.9 Å². The first-order valence-corrected chi connectivity index (χ1v) is 6.33. The molecule has 1 unspecified atom stereocenters. The Hall–Kier alpha value is -0.730. The molecule has 0 saturated heterocycles. The summed E-state index contributed by atoms with van der Waals surface area (Å²) in [6, 6.07) is 0.819. The smallest absolute Gasteiger partial charge is 0.315 e. The Morgan fingerprint density at radius 3 is 2.40 bits per heavy atom. The van der Waals surface area contributed by atoms with Gasteiger partial charge in [0.05, 0.1) is 0 Å². The van der Waals surface area contributed by atoms with Gasteiger partial charge in [-0.05, 0) is 38.5 Å². The quantitative estimate of drug-likeness (QED) is 0.738. The Kier molecular flexibility index (Phi) is 3.49. The van der Waals surface area contributed by atoms with Crippen molar-refractivity contribution in [1.29, 1.82) is 0 Å². The Labute approximate surface area is 92.0 Å². The van der Waals surface area contributed by atoms with E-state index >= 15 is 0 Å². The highest BCUT2D eigenvalue weighted by atomic mass is 16.2. The Morgan fingerprint density at radius 1 is 1.13 bits per heavy atom. The van der Waals surface area contributed by atoms with Crippen LogP contribution in [0.2, 0.25) is 0 Å². The van der Waals surface area contributed by atoms with Gasteiger partial charge in [-0.25, -0.2) is 4.79 Å². The van der Waals surface area contributed by atoms with Gasteiger partial charge in [0.15, 0.2) is 0 Å². The standard InChI is InChI=1S/C12H22N2O/c1-9(10-7-8-10)13-12(15)14-11-5-3-2-4-6-11/h9-11H,2-8H2,1H3,(H2,13,14,15). The number of carbonyl (C=O) groups is 1. The number of hydrogen-bond acceptors (Lipinski definition) is 1. The van der Waals surface area contributed by atoms with E-state index in [9.17, 15) is 4.79 Å². The third kappa shape index (κ3) is 3.40. The number of rotatable bonds is 3. The lowest BCUT2D eigenvalue weighted by Gasteiger charge is -2.24. The van der Waals surface area contributed by atoms with E-state index in [4.69, 9.17) is 0 Å². The largest absolute Gasteiger partial charge is 0.335 e. The van der Waals surface area contributed by atoms with Crippen LogP contribution in [-0.4, -0.2) is 18.1 Å². The van der Waals surface area contributed by atoms with Crippen LogP contribution in [0, 0.1) is 5.92 Å². The van der Waals surface area contributed by atoms with Crippen molar-refractivity contribution in [3.8, 4) is 0 Å². The second-order valence-corrected chi connectivity index (χ2v) is 5.08. The average molecular weight is 210 g/mol. The molecule has 2 rings (SSSR count). The van der Waals surface area contributed by atoms with Gasteiger partial charge < -0.3 is 10.6 Å². The van der Waals surface area contributed by atoms with E-state index in [0.717, 1.165) is 18.8 Å². The topological polar surface area (TPSA) is 41.1 Å². The third-order valence-corrected chi connectivity index (χ3v) is 3.63. The molecule has 2 N–H and O–H groups in total. The molecule has 0 radical (unpaired) electrons. The molecular weight excluding hydrogens is 188 g/mol. The van der Waals surface area contributed by atoms with Gasteiger partial charge in [0.1, 0.15) is 0 Å². The lowest BCUT2D eigenvalue weighted by Crippen LogP contribution is -2.46. The summed E-state index contributed by atoms with van der Waals surface area (Å²) >= 11 is 0. The summed E-state index contributed by atoms with van der Waals surface area (Å²) in [6.45, 7) is 2.11. The van der Waals surface area contributed by atoms with Crippen molar-refractivity contribution < 1.29 is 4.79 Å². The zero-order chi connectivity index (χ0) is 10.7. The van der Waals surface area contributed by atoms with E-state index < -0.39 is 0 Å². The molecule has 15 heavy (non-hydrogen) atoms. The van der Waals surface area contributed by atoms with Crippen molar-refractivity contribution in [1.82, 2.24) is 10.6 Å². The molecule has 1 atom stereocenters. The molecule has 0 bridgehead atoms. The van der Waals surface area contributed by atoms with Gasteiger partial charge >= 0.3 is 6.03 Å². The van der Waals surface area contributed by atoms with Crippen LogP contribution < -0.4 is 10.6 Å². The maximum Gasteiger partial charge on any atom is 0.315 e. The molecule has 2 aliphatic carbocycles. The summed E-state index contributed by atoms with van der Waals surface area (Å²) in [7, 11) is 0. The molecule has 0 aromatic carbocycles. The Balaban J connectivity index is 1.66. The Bertz CT molecular complexity index is 220. The van der Waals surface area contributed by atoms with Crippen molar-refractivity contribution in [3.63, 3.8) is 0 Å². The zero-order valence-electron chi connectivity index (χ0n) is 9.59. The van der Waals surface area contributed by atoms with E-state index in [1.54, 1.807) is 0 Å². The summed E-state index contributed by atoms with van der Waals surface area (Å²) in [6.07, 6.45) is 8.75. The summed E-state index contributed by atoms with van der Waals surface area (Å²) in [4.78, 5) is 11.6. The third-order valence-electron chi connectivity index (χ3n) is 3.63. The van der Waals surface area contributed by atoms with E-state index in [0.29, 0.717) is 12.1 Å². The second kappa shape index (κ2) is 4.86. The number of carbonyl (C=O) groups excluding carboxylic acids is 1. The second-order valence-electron chi connectivity index (χ2n) is 5.08. The predicted molar refractivity (Wildman–Crippen MR) is 60.7 cm³/mol. The summed E-state index contributed by atoms with van der Waals surface area (Å²) < 4.78 is 0. The van der Waals surface area contributed by atoms with Gasteiger partial charge in [0, 0.05) is 12.1 Å². The highest BCUT2D eigenvalue weighted by Gasteiger charge is 2.29. The average Bonchev–Trinajstić information content (AvgIpc) is 3.01. The number of urea groups is 1. The fourth-order valence-electron chi connectivity index (χ4n) is 2.39. The number of nitrogens with one attached hydrogen (secondary N) is 2. The number of amides is 2. The van der Waals surface area contributed by atoms with Crippen molar-refractivity contribution in [2.45, 2.75) is 64.0 Å². The van der Waals surface area contributed by atoms with Crippen LogP contribution in [0.3, 0.4) is 0 Å². The fourth-order valence-corrected chi connectivity index (χ4v) is 2.39. The normalized spacial score (nSPS) is 24.6. The van der Waals surface area contributed by atoms with Crippen LogP contribution in [0.4, 0.5) is 4.79 Å². The molecule has 3 nitrogen and oxygen atoms in total. The molecule has 2 amide bonds. The van der Waals surface area contributed by atoms with E-state index in [-0.39, 0.29) is 6.03 Å². The highest BCUT2D eigenvalue weighted by Crippen LogP contribution is 2.32. The minimum absolute atomic E-state index is 0.0429. The molecule has 2 saturated carbocycles. The van der Waals surface area contributed by atoms with E-state index in [1.807, 2.05) is 0 Å². The first-order chi connectivity index (χ1) is 7.25. The molecule has 3 heteroatoms. The lowest BCUT2D eigenvalue weighted by atomic mass is 9.96. The lowest BCUT2D eigenvalue weighted by molar-refractivity contribution is 0.228. The minimum atomic E-state index is 0.0429. The molecule has 0 aromatic rings. The predicted octanol–water partition coefficient (Wildman–Crippen LogP) is 2.42. The van der Waals surface area contributed by atoms with Crippen molar-refractivity contribution in [2.24, 2.45) is 5.92 Å². The van der Waals surface area contributed by atoms with Gasteiger partial charge in [-0.1, -0.05) is 19.3 Å². The first kappa shape index (κ1) is 10.8. The molecule has 0 aromatic heterocycles. The van der Waals surface area contributed by atoms with Crippen LogP contribution in [-0.2, 0) is 0 Å². The molecular formula is C12H22N2O. The van der Waals surface area contributed by atoms with Crippen molar-refractivity contribution in [2.75, 3.05) is 0 Å². The van der Waals surface area contributed by atoms with Crippen LogP contribution in [0.25, 0.3) is 0 Å². The molecule has 2 fully saturated rings. The van der Waals surface area contributed by atoms with Crippen LogP contribution in [0.15, 0.2) is 0 Å². The first-order valence-electron chi connectivity index (χ1n) is 6.33. The molecule has 86 valence electrons. The summed E-state index contributed by atoms with van der Waals surface area (Å²) in [5.41, 5.74) is 0. The van der Waals surface area contributed by atoms with Crippen molar-refractivity contribution in [3.05, 3.63) is 0 Å². The number of hydrogen-bond donors (Lipinski definition) is 2. The molecule has 0 heterocycles. The summed E-state index contributed by atoms with van der Waals surface area (Å²) in [5, 5.41) is 6.12. The van der Waals surface area contributed by atoms with Crippen LogP contribution in [0.5, 0.6) is 0 Å². The van der Waals surface area contributed by atoms with Crippen molar-refractivity contribution >= 4 is 6.03 Å². The Morgan fingerprint density at radius 2 is 1.80 bits per heavy atom. The SMILES string of the molecule is CC(NC(=O)NC1CCCCC1)C1CC1.